The van der Waals surface area contributed by atoms with E-state index in [1.165, 1.54) is 0 Å². The standard InChI is InChI=1S/C15H8Cl2F6O6S2/c16-12-6(2-8(14(18,19)20)4-10(12)30(24,25)26)1-7-3-9(15(21,22)23)5-11(13(7)17)31(27,28)29/h2-5H,1H2,(H,24,25,26)(H,27,28,29). The molecule has 16 heteroatoms. The van der Waals surface area contributed by atoms with Crippen LogP contribution in [0.25, 0.3) is 0 Å². The summed E-state index contributed by atoms with van der Waals surface area (Å²) in [5.41, 5.74) is -4.71. The summed E-state index contributed by atoms with van der Waals surface area (Å²) in [6.07, 6.45) is -11.3. The minimum Gasteiger partial charge on any atom is -0.282 e. The van der Waals surface area contributed by atoms with Crippen LogP contribution in [-0.4, -0.2) is 25.9 Å². The molecule has 31 heavy (non-hydrogen) atoms. The molecule has 2 aromatic carbocycles. The third kappa shape index (κ3) is 5.81. The fourth-order valence-electron chi connectivity index (χ4n) is 2.48. The maximum Gasteiger partial charge on any atom is 0.416 e. The van der Waals surface area contributed by atoms with Gasteiger partial charge in [0, 0.05) is 6.42 Å². The average molecular weight is 533 g/mol. The first-order valence-electron chi connectivity index (χ1n) is 7.47. The van der Waals surface area contributed by atoms with E-state index in [-0.39, 0.29) is 12.1 Å². The molecule has 0 atom stereocenters. The number of hydrogen-bond acceptors (Lipinski definition) is 4. The Hall–Kier alpha value is -1.58. The summed E-state index contributed by atoms with van der Waals surface area (Å²) in [7, 11) is -10.6. The van der Waals surface area contributed by atoms with E-state index >= 15 is 0 Å². The van der Waals surface area contributed by atoms with Crippen LogP contribution in [0.3, 0.4) is 0 Å². The van der Waals surface area contributed by atoms with Crippen molar-refractivity contribution in [2.24, 2.45) is 0 Å². The second kappa shape index (κ2) is 8.08. The Morgan fingerprint density at radius 3 is 1.19 bits per heavy atom. The first-order chi connectivity index (χ1) is 13.7. The molecule has 0 aliphatic carbocycles. The first kappa shape index (κ1) is 25.7. The molecule has 0 saturated heterocycles. The minimum absolute atomic E-state index is 0.0124. The lowest BCUT2D eigenvalue weighted by molar-refractivity contribution is -0.138. The van der Waals surface area contributed by atoms with Gasteiger partial charge in [0.15, 0.2) is 0 Å². The molecule has 0 spiro atoms. The molecule has 0 fully saturated rings. The SMILES string of the molecule is O=S(=O)(O)c1cc(C(F)(F)F)cc(Cc2cc(C(F)(F)F)cc(S(=O)(=O)O)c2Cl)c1Cl. The van der Waals surface area contributed by atoms with Crippen LogP contribution in [0, 0.1) is 0 Å². The monoisotopic (exact) mass is 532 g/mol. The molecule has 2 aromatic rings. The lowest BCUT2D eigenvalue weighted by Gasteiger charge is -2.16. The topological polar surface area (TPSA) is 109 Å². The molecule has 6 nitrogen and oxygen atoms in total. The zero-order valence-corrected chi connectivity index (χ0v) is 17.5. The van der Waals surface area contributed by atoms with Crippen molar-refractivity contribution in [3.63, 3.8) is 0 Å². The molecule has 0 radical (unpaired) electrons. The smallest absolute Gasteiger partial charge is 0.282 e. The lowest BCUT2D eigenvalue weighted by Crippen LogP contribution is -2.12. The van der Waals surface area contributed by atoms with Gasteiger partial charge in [-0.3, -0.25) is 9.11 Å². The Labute approximate surface area is 180 Å². The van der Waals surface area contributed by atoms with Gasteiger partial charge in [-0.25, -0.2) is 0 Å². The van der Waals surface area contributed by atoms with Gasteiger partial charge in [0.05, 0.1) is 21.2 Å². The van der Waals surface area contributed by atoms with Crippen LogP contribution in [-0.2, 0) is 39.0 Å². The van der Waals surface area contributed by atoms with Crippen LogP contribution in [0.5, 0.6) is 0 Å². The van der Waals surface area contributed by atoms with Gasteiger partial charge >= 0.3 is 12.4 Å². The molecule has 0 saturated carbocycles. The summed E-state index contributed by atoms with van der Waals surface area (Å²) in [5.74, 6) is 0. The number of rotatable bonds is 4. The highest BCUT2D eigenvalue weighted by atomic mass is 35.5. The molecule has 2 N–H and O–H groups in total. The second-order valence-corrected chi connectivity index (χ2v) is 9.55. The molecule has 0 aliphatic heterocycles. The quantitative estimate of drug-likeness (QED) is 0.418. The van der Waals surface area contributed by atoms with Crippen molar-refractivity contribution in [3.8, 4) is 0 Å². The highest BCUT2D eigenvalue weighted by Gasteiger charge is 2.36. The van der Waals surface area contributed by atoms with E-state index in [4.69, 9.17) is 32.3 Å². The molecule has 0 aliphatic rings. The van der Waals surface area contributed by atoms with Crippen LogP contribution in [0.2, 0.25) is 10.0 Å². The van der Waals surface area contributed by atoms with Gasteiger partial charge in [-0.05, 0) is 35.4 Å². The third-order valence-electron chi connectivity index (χ3n) is 3.82. The van der Waals surface area contributed by atoms with Crippen molar-refractivity contribution < 1.29 is 52.3 Å². The van der Waals surface area contributed by atoms with Crippen LogP contribution < -0.4 is 0 Å². The average Bonchev–Trinajstić information content (AvgIpc) is 2.53. The number of benzene rings is 2. The molecule has 0 amide bonds. The molecular weight excluding hydrogens is 525 g/mol. The summed E-state index contributed by atoms with van der Waals surface area (Å²) in [4.78, 5) is -2.76. The zero-order chi connectivity index (χ0) is 24.2. The van der Waals surface area contributed by atoms with Gasteiger partial charge in [0.25, 0.3) is 20.2 Å². The van der Waals surface area contributed by atoms with Crippen LogP contribution in [0.15, 0.2) is 34.1 Å². The van der Waals surface area contributed by atoms with Crippen LogP contribution >= 0.6 is 23.2 Å². The highest BCUT2D eigenvalue weighted by Crippen LogP contribution is 2.40. The van der Waals surface area contributed by atoms with E-state index in [1.54, 1.807) is 0 Å². The second-order valence-electron chi connectivity index (χ2n) is 6.02. The largest absolute Gasteiger partial charge is 0.416 e. The van der Waals surface area contributed by atoms with Gasteiger partial charge in [0.1, 0.15) is 9.79 Å². The Morgan fingerprint density at radius 1 is 0.677 bits per heavy atom. The number of hydrogen-bond donors (Lipinski definition) is 2. The Morgan fingerprint density at radius 2 is 0.968 bits per heavy atom. The fraction of sp³-hybridized carbons (Fsp3) is 0.200. The predicted molar refractivity (Wildman–Crippen MR) is 95.3 cm³/mol. The summed E-state index contributed by atoms with van der Waals surface area (Å²) >= 11 is 11.5. The van der Waals surface area contributed by atoms with Crippen molar-refractivity contribution in [1.29, 1.82) is 0 Å². The lowest BCUT2D eigenvalue weighted by atomic mass is 10.0. The minimum atomic E-state index is -5.28. The van der Waals surface area contributed by atoms with Crippen molar-refractivity contribution in [3.05, 3.63) is 56.6 Å². The normalized spacial score (nSPS) is 13.5. The van der Waals surface area contributed by atoms with Gasteiger partial charge < -0.3 is 0 Å². The summed E-state index contributed by atoms with van der Waals surface area (Å²) < 4.78 is 143. The van der Waals surface area contributed by atoms with E-state index in [9.17, 15) is 43.2 Å². The molecule has 0 unspecified atom stereocenters. The van der Waals surface area contributed by atoms with Gasteiger partial charge in [0.2, 0.25) is 0 Å². The summed E-state index contributed by atoms with van der Waals surface area (Å²) in [5, 5.41) is -1.92. The zero-order valence-electron chi connectivity index (χ0n) is 14.4. The van der Waals surface area contributed by atoms with E-state index < -0.39 is 81.1 Å². The van der Waals surface area contributed by atoms with Gasteiger partial charge in [-0.2, -0.15) is 43.2 Å². The van der Waals surface area contributed by atoms with Crippen molar-refractivity contribution >= 4 is 43.4 Å². The van der Waals surface area contributed by atoms with Crippen molar-refractivity contribution in [2.75, 3.05) is 0 Å². The number of halogens is 8. The van der Waals surface area contributed by atoms with Crippen LogP contribution in [0.1, 0.15) is 22.3 Å². The van der Waals surface area contributed by atoms with Crippen molar-refractivity contribution in [2.45, 2.75) is 28.6 Å². The highest BCUT2D eigenvalue weighted by molar-refractivity contribution is 7.86. The molecule has 0 bridgehead atoms. The Balaban J connectivity index is 2.85. The molecule has 0 aromatic heterocycles. The van der Waals surface area contributed by atoms with E-state index in [0.29, 0.717) is 12.1 Å². The number of alkyl halides is 6. The molecular formula is C15H8Cl2F6O6S2. The summed E-state index contributed by atoms with van der Waals surface area (Å²) in [6, 6.07) is 0.610. The van der Waals surface area contributed by atoms with E-state index in [0.717, 1.165) is 0 Å². The van der Waals surface area contributed by atoms with E-state index in [1.807, 2.05) is 0 Å². The maximum atomic E-state index is 13.1. The molecule has 2 rings (SSSR count). The Bertz CT molecular complexity index is 1160. The van der Waals surface area contributed by atoms with Gasteiger partial charge in [-0.15, -0.1) is 0 Å². The Kier molecular flexibility index (Phi) is 6.69. The molecule has 172 valence electrons. The maximum absolute atomic E-state index is 13.1. The first-order valence-corrected chi connectivity index (χ1v) is 11.1. The van der Waals surface area contributed by atoms with Gasteiger partial charge in [-0.1, -0.05) is 23.2 Å². The predicted octanol–water partition coefficient (Wildman–Crippen LogP) is 5.12. The molecule has 0 heterocycles. The van der Waals surface area contributed by atoms with Crippen molar-refractivity contribution in [1.82, 2.24) is 0 Å². The third-order valence-corrected chi connectivity index (χ3v) is 6.69. The fourth-order valence-corrected chi connectivity index (χ4v) is 4.68. The van der Waals surface area contributed by atoms with E-state index in [2.05, 4.69) is 0 Å². The summed E-state index contributed by atoms with van der Waals surface area (Å²) in [6.45, 7) is 0. The van der Waals surface area contributed by atoms with Crippen LogP contribution in [0.4, 0.5) is 26.3 Å².